The van der Waals surface area contributed by atoms with E-state index >= 15 is 0 Å². The van der Waals surface area contributed by atoms with Gasteiger partial charge in [0.2, 0.25) is 5.91 Å². The van der Waals surface area contributed by atoms with Crippen LogP contribution in [0.25, 0.3) is 0 Å². The summed E-state index contributed by atoms with van der Waals surface area (Å²) in [7, 11) is 0. The van der Waals surface area contributed by atoms with Crippen LogP contribution in [-0.4, -0.2) is 69.2 Å². The van der Waals surface area contributed by atoms with Crippen molar-refractivity contribution in [3.05, 3.63) is 0 Å². The summed E-state index contributed by atoms with van der Waals surface area (Å²) in [6.45, 7) is 6.24. The standard InChI is InChI=1S/C15H24N2O5S/c1-15(2,3)22-14(21)17-9-23-8-11(17)12(18)16-6-4-10(5-7-16)13(19)20/h10-11H,4-9H2,1-3H3,(H,19,20)/t11-/m0/s1. The SMILES string of the molecule is CC(C)(C)OC(=O)N1CSC[C@H]1C(=O)N1CCC(C(=O)O)CC1. The Morgan fingerprint density at radius 1 is 1.17 bits per heavy atom. The van der Waals surface area contributed by atoms with Crippen molar-refractivity contribution in [3.8, 4) is 0 Å². The lowest BCUT2D eigenvalue weighted by molar-refractivity contribution is -0.146. The zero-order chi connectivity index (χ0) is 17.2. The van der Waals surface area contributed by atoms with E-state index in [1.54, 1.807) is 25.7 Å². The van der Waals surface area contributed by atoms with E-state index in [0.717, 1.165) is 0 Å². The Bertz CT molecular complexity index is 483. The molecule has 0 saturated carbocycles. The molecule has 2 heterocycles. The van der Waals surface area contributed by atoms with Gasteiger partial charge in [0.05, 0.1) is 11.8 Å². The first-order chi connectivity index (χ1) is 10.7. The fraction of sp³-hybridized carbons (Fsp3) is 0.800. The van der Waals surface area contributed by atoms with Crippen LogP contribution in [0.3, 0.4) is 0 Å². The maximum Gasteiger partial charge on any atom is 0.411 e. The summed E-state index contributed by atoms with van der Waals surface area (Å²) in [6.07, 6.45) is 0.460. The highest BCUT2D eigenvalue weighted by molar-refractivity contribution is 7.99. The number of likely N-dealkylation sites (tertiary alicyclic amines) is 1. The van der Waals surface area contributed by atoms with Crippen LogP contribution in [0.4, 0.5) is 4.79 Å². The van der Waals surface area contributed by atoms with E-state index in [2.05, 4.69) is 0 Å². The van der Waals surface area contributed by atoms with Gasteiger partial charge in [-0.2, -0.15) is 0 Å². The highest BCUT2D eigenvalue weighted by atomic mass is 32.2. The molecule has 8 heteroatoms. The van der Waals surface area contributed by atoms with E-state index in [0.29, 0.717) is 37.6 Å². The second-order valence-electron chi connectivity index (χ2n) is 6.90. The van der Waals surface area contributed by atoms with Crippen LogP contribution in [0.15, 0.2) is 0 Å². The minimum Gasteiger partial charge on any atom is -0.481 e. The first kappa shape index (κ1) is 17.9. The second-order valence-corrected chi connectivity index (χ2v) is 7.90. The molecule has 0 aromatic carbocycles. The Kier molecular flexibility index (Phi) is 5.44. The van der Waals surface area contributed by atoms with Crippen LogP contribution in [0.5, 0.6) is 0 Å². The quantitative estimate of drug-likeness (QED) is 0.819. The van der Waals surface area contributed by atoms with E-state index in [9.17, 15) is 14.4 Å². The molecule has 23 heavy (non-hydrogen) atoms. The largest absolute Gasteiger partial charge is 0.481 e. The van der Waals surface area contributed by atoms with Gasteiger partial charge in [0, 0.05) is 18.8 Å². The van der Waals surface area contributed by atoms with Gasteiger partial charge in [-0.15, -0.1) is 11.8 Å². The van der Waals surface area contributed by atoms with Crippen molar-refractivity contribution < 1.29 is 24.2 Å². The summed E-state index contributed by atoms with van der Waals surface area (Å²) in [4.78, 5) is 39.0. The van der Waals surface area contributed by atoms with Crippen LogP contribution in [-0.2, 0) is 14.3 Å². The zero-order valence-corrected chi connectivity index (χ0v) is 14.6. The number of rotatable bonds is 2. The molecule has 0 spiro atoms. The highest BCUT2D eigenvalue weighted by Crippen LogP contribution is 2.26. The fourth-order valence-corrected chi connectivity index (χ4v) is 3.84. The molecule has 0 aromatic rings. The van der Waals surface area contributed by atoms with Crippen LogP contribution in [0.2, 0.25) is 0 Å². The summed E-state index contributed by atoms with van der Waals surface area (Å²) in [5.41, 5.74) is -0.599. The molecular formula is C15H24N2O5S. The molecule has 0 aromatic heterocycles. The third-order valence-corrected chi connectivity index (χ3v) is 4.96. The number of piperidine rings is 1. The predicted molar refractivity (Wildman–Crippen MR) is 86.1 cm³/mol. The molecule has 2 amide bonds. The first-order valence-electron chi connectivity index (χ1n) is 7.78. The normalized spacial score (nSPS) is 23.0. The number of ether oxygens (including phenoxy) is 1. The van der Waals surface area contributed by atoms with E-state index in [-0.39, 0.29) is 11.8 Å². The molecule has 1 N–H and O–H groups in total. The van der Waals surface area contributed by atoms with Crippen molar-refractivity contribution in [2.24, 2.45) is 5.92 Å². The van der Waals surface area contributed by atoms with Gasteiger partial charge in [-0.25, -0.2) is 4.79 Å². The van der Waals surface area contributed by atoms with Crippen LogP contribution in [0, 0.1) is 5.92 Å². The summed E-state index contributed by atoms with van der Waals surface area (Å²) in [5.74, 6) is -0.291. The summed E-state index contributed by atoms with van der Waals surface area (Å²) < 4.78 is 5.36. The Labute approximate surface area is 140 Å². The lowest BCUT2D eigenvalue weighted by Gasteiger charge is -2.34. The Morgan fingerprint density at radius 3 is 2.30 bits per heavy atom. The number of carbonyl (C=O) groups is 3. The number of hydrogen-bond acceptors (Lipinski definition) is 5. The van der Waals surface area contributed by atoms with Crippen molar-refractivity contribution in [3.63, 3.8) is 0 Å². The molecule has 0 aliphatic carbocycles. The van der Waals surface area contributed by atoms with Gasteiger partial charge in [-0.3, -0.25) is 14.5 Å². The number of hydrogen-bond donors (Lipinski definition) is 1. The number of nitrogens with zero attached hydrogens (tertiary/aromatic N) is 2. The Hall–Kier alpha value is -1.44. The maximum atomic E-state index is 12.7. The van der Waals surface area contributed by atoms with Gasteiger partial charge < -0.3 is 14.7 Å². The van der Waals surface area contributed by atoms with Crippen LogP contribution in [0.1, 0.15) is 33.6 Å². The van der Waals surface area contributed by atoms with E-state index in [1.807, 2.05) is 0 Å². The summed E-state index contributed by atoms with van der Waals surface area (Å²) in [6, 6.07) is -0.517. The Morgan fingerprint density at radius 2 is 1.78 bits per heavy atom. The number of carbonyl (C=O) groups excluding carboxylic acids is 2. The van der Waals surface area contributed by atoms with E-state index in [1.165, 1.54) is 16.7 Å². The molecule has 2 aliphatic rings. The number of thioether (sulfide) groups is 1. The topological polar surface area (TPSA) is 87.2 Å². The highest BCUT2D eigenvalue weighted by Gasteiger charge is 2.40. The van der Waals surface area contributed by atoms with Crippen molar-refractivity contribution in [2.45, 2.75) is 45.3 Å². The molecule has 7 nitrogen and oxygen atoms in total. The third kappa shape index (κ3) is 4.53. The zero-order valence-electron chi connectivity index (χ0n) is 13.8. The molecule has 0 radical (unpaired) electrons. The molecule has 0 bridgehead atoms. The van der Waals surface area contributed by atoms with Gasteiger partial charge >= 0.3 is 12.1 Å². The smallest absolute Gasteiger partial charge is 0.411 e. The van der Waals surface area contributed by atoms with Crippen LogP contribution < -0.4 is 0 Å². The van der Waals surface area contributed by atoms with E-state index in [4.69, 9.17) is 9.84 Å². The molecule has 130 valence electrons. The first-order valence-corrected chi connectivity index (χ1v) is 8.93. The van der Waals surface area contributed by atoms with Crippen molar-refractivity contribution in [1.82, 2.24) is 9.80 Å². The summed E-state index contributed by atoms with van der Waals surface area (Å²) in [5, 5.41) is 9.02. The minimum absolute atomic E-state index is 0.107. The predicted octanol–water partition coefficient (Wildman–Crippen LogP) is 1.62. The third-order valence-electron chi connectivity index (χ3n) is 3.95. The Balaban J connectivity index is 1.96. The van der Waals surface area contributed by atoms with Crippen molar-refractivity contribution in [2.75, 3.05) is 24.7 Å². The maximum absolute atomic E-state index is 12.7. The van der Waals surface area contributed by atoms with Gasteiger partial charge in [-0.05, 0) is 33.6 Å². The number of amides is 2. The molecule has 2 rings (SSSR count). The van der Waals surface area contributed by atoms with Crippen molar-refractivity contribution >= 4 is 29.7 Å². The van der Waals surface area contributed by atoms with Gasteiger partial charge in [0.15, 0.2) is 0 Å². The monoisotopic (exact) mass is 344 g/mol. The van der Waals surface area contributed by atoms with Gasteiger partial charge in [0.1, 0.15) is 11.6 Å². The van der Waals surface area contributed by atoms with Gasteiger partial charge in [0.25, 0.3) is 0 Å². The second kappa shape index (κ2) is 6.98. The fourth-order valence-electron chi connectivity index (χ4n) is 2.71. The molecule has 2 aliphatic heterocycles. The van der Waals surface area contributed by atoms with Crippen molar-refractivity contribution in [1.29, 1.82) is 0 Å². The lowest BCUT2D eigenvalue weighted by Crippen LogP contribution is -2.52. The molecule has 2 saturated heterocycles. The molecule has 2 fully saturated rings. The number of carboxylic acids is 1. The van der Waals surface area contributed by atoms with Crippen LogP contribution >= 0.6 is 11.8 Å². The number of carboxylic acid groups (broad SMARTS) is 1. The van der Waals surface area contributed by atoms with Gasteiger partial charge in [-0.1, -0.05) is 0 Å². The van der Waals surface area contributed by atoms with E-state index < -0.39 is 23.7 Å². The number of aliphatic carboxylic acids is 1. The molecule has 1 atom stereocenters. The molecule has 0 unspecified atom stereocenters. The lowest BCUT2D eigenvalue weighted by atomic mass is 9.96. The average Bonchev–Trinajstić information content (AvgIpc) is 2.94. The summed E-state index contributed by atoms with van der Waals surface area (Å²) >= 11 is 1.53. The molecular weight excluding hydrogens is 320 g/mol. The average molecular weight is 344 g/mol. The minimum atomic E-state index is -0.802.